The Morgan fingerprint density at radius 3 is 2.81 bits per heavy atom. The number of anilines is 2. The van der Waals surface area contributed by atoms with Crippen LogP contribution in [0.15, 0.2) is 46.2 Å². The van der Waals surface area contributed by atoms with Gasteiger partial charge in [0.2, 0.25) is 10.0 Å². The maximum atomic E-state index is 12.6. The van der Waals surface area contributed by atoms with Crippen LogP contribution in [0.4, 0.5) is 11.5 Å². The number of pyridine rings is 1. The molecule has 31 heavy (non-hydrogen) atoms. The van der Waals surface area contributed by atoms with Crippen LogP contribution in [0.1, 0.15) is 19.4 Å². The zero-order valence-electron chi connectivity index (χ0n) is 16.8. The average Bonchev–Trinajstić information content (AvgIpc) is 3.13. The molecule has 0 aliphatic carbocycles. The minimum absolute atomic E-state index is 0.143. The zero-order valence-corrected chi connectivity index (χ0v) is 17.6. The first-order valence-corrected chi connectivity index (χ1v) is 11.4. The highest BCUT2D eigenvalue weighted by Gasteiger charge is 2.30. The first kappa shape index (κ1) is 21.0. The van der Waals surface area contributed by atoms with Gasteiger partial charge in [-0.15, -0.1) is 0 Å². The van der Waals surface area contributed by atoms with Crippen molar-refractivity contribution in [3.05, 3.63) is 46.9 Å². The number of ether oxygens (including phenoxy) is 1. The van der Waals surface area contributed by atoms with Crippen LogP contribution < -0.4 is 15.6 Å². The monoisotopic (exact) mass is 442 g/mol. The summed E-state index contributed by atoms with van der Waals surface area (Å²) in [6.45, 7) is 2.85. The van der Waals surface area contributed by atoms with E-state index in [1.165, 1.54) is 18.3 Å². The molecule has 2 atom stereocenters. The molecule has 4 rings (SSSR count). The smallest absolute Gasteiger partial charge is 0.261 e. The van der Waals surface area contributed by atoms with E-state index in [2.05, 4.69) is 26.2 Å². The van der Waals surface area contributed by atoms with E-state index in [9.17, 15) is 18.5 Å². The maximum Gasteiger partial charge on any atom is 0.261 e. The summed E-state index contributed by atoms with van der Waals surface area (Å²) in [6, 6.07) is 9.90. The molecule has 3 heterocycles. The maximum absolute atomic E-state index is 12.6. The molecule has 162 valence electrons. The number of nitrogens with zero attached hydrogens (tertiary/aromatic N) is 3. The van der Waals surface area contributed by atoms with Crippen molar-refractivity contribution < 1.29 is 13.2 Å². The number of sulfonamides is 1. The summed E-state index contributed by atoms with van der Waals surface area (Å²) in [4.78, 5) is 15.4. The number of H-pyrrole nitrogens is 1. The van der Waals surface area contributed by atoms with Gasteiger partial charge in [0.05, 0.1) is 35.0 Å². The van der Waals surface area contributed by atoms with E-state index in [-0.39, 0.29) is 22.4 Å². The van der Waals surface area contributed by atoms with Gasteiger partial charge >= 0.3 is 0 Å². The lowest BCUT2D eigenvalue weighted by Crippen LogP contribution is -2.30. The average molecular weight is 443 g/mol. The number of aromatic nitrogens is 3. The normalized spacial score (nSPS) is 19.2. The highest BCUT2D eigenvalue weighted by Crippen LogP contribution is 2.31. The molecule has 3 N–H and O–H groups in total. The number of aromatic amines is 1. The first-order chi connectivity index (χ1) is 14.9. The molecule has 0 saturated carbocycles. The van der Waals surface area contributed by atoms with Crippen molar-refractivity contribution in [2.45, 2.75) is 24.3 Å². The summed E-state index contributed by atoms with van der Waals surface area (Å²) in [5.41, 5.74) is 0.846. The van der Waals surface area contributed by atoms with Crippen LogP contribution >= 0.6 is 0 Å². The second-order valence-corrected chi connectivity index (χ2v) is 8.94. The van der Waals surface area contributed by atoms with Crippen LogP contribution in [0.25, 0.3) is 10.9 Å². The van der Waals surface area contributed by atoms with E-state index >= 15 is 0 Å². The third-order valence-electron chi connectivity index (χ3n) is 5.20. The SMILES string of the molecule is CCNS(=O)(=O)c1ccc(Nc2nn([C@H]3COCC[C@@H]3C#N)c3cc[nH]c(=O)c23)cc1. The van der Waals surface area contributed by atoms with Crippen LogP contribution in [0.5, 0.6) is 0 Å². The van der Waals surface area contributed by atoms with Crippen molar-refractivity contribution in [2.75, 3.05) is 25.1 Å². The predicted molar refractivity (Wildman–Crippen MR) is 115 cm³/mol. The van der Waals surface area contributed by atoms with Gasteiger partial charge in [-0.05, 0) is 36.8 Å². The molecule has 11 heteroatoms. The molecule has 0 unspecified atom stereocenters. The van der Waals surface area contributed by atoms with E-state index in [1.54, 1.807) is 29.8 Å². The number of nitrogens with one attached hydrogen (secondary N) is 3. The number of nitriles is 1. The molecule has 10 nitrogen and oxygen atoms in total. The predicted octanol–water partition coefficient (Wildman–Crippen LogP) is 1.87. The number of fused-ring (bicyclic) bond motifs is 1. The Kier molecular flexibility index (Phi) is 5.77. The van der Waals surface area contributed by atoms with Gasteiger partial charge in [0.15, 0.2) is 5.82 Å². The van der Waals surface area contributed by atoms with E-state index in [0.717, 1.165) is 0 Å². The second-order valence-electron chi connectivity index (χ2n) is 7.18. The lowest BCUT2D eigenvalue weighted by molar-refractivity contribution is 0.0359. The zero-order chi connectivity index (χ0) is 22.0. The molecule has 1 aliphatic heterocycles. The van der Waals surface area contributed by atoms with Crippen molar-refractivity contribution in [1.29, 1.82) is 5.26 Å². The lowest BCUT2D eigenvalue weighted by atomic mass is 9.96. The van der Waals surface area contributed by atoms with Gasteiger partial charge in [-0.3, -0.25) is 9.48 Å². The summed E-state index contributed by atoms with van der Waals surface area (Å²) in [7, 11) is -3.56. The number of rotatable bonds is 6. The Bertz CT molecular complexity index is 1290. The van der Waals surface area contributed by atoms with Crippen LogP contribution in [0, 0.1) is 17.2 Å². The highest BCUT2D eigenvalue weighted by atomic mass is 32.2. The number of hydrogen-bond donors (Lipinski definition) is 3. The van der Waals surface area contributed by atoms with Crippen molar-refractivity contribution in [2.24, 2.45) is 5.92 Å². The molecule has 3 aromatic rings. The molecule has 0 spiro atoms. The second kappa shape index (κ2) is 8.50. The summed E-state index contributed by atoms with van der Waals surface area (Å²) < 4.78 is 33.9. The fourth-order valence-corrected chi connectivity index (χ4v) is 4.72. The van der Waals surface area contributed by atoms with Crippen LogP contribution in [-0.2, 0) is 14.8 Å². The van der Waals surface area contributed by atoms with Crippen LogP contribution in [0.2, 0.25) is 0 Å². The Balaban J connectivity index is 1.72. The van der Waals surface area contributed by atoms with Crippen molar-refractivity contribution in [3.63, 3.8) is 0 Å². The highest BCUT2D eigenvalue weighted by molar-refractivity contribution is 7.89. The summed E-state index contributed by atoms with van der Waals surface area (Å²) >= 11 is 0. The Morgan fingerprint density at radius 2 is 2.10 bits per heavy atom. The van der Waals surface area contributed by atoms with Crippen molar-refractivity contribution >= 4 is 32.4 Å². The fourth-order valence-electron chi connectivity index (χ4n) is 3.68. The van der Waals surface area contributed by atoms with Crippen LogP contribution in [-0.4, -0.2) is 42.9 Å². The quantitative estimate of drug-likeness (QED) is 0.529. The molecule has 1 aromatic carbocycles. The topological polar surface area (TPSA) is 142 Å². The van der Waals surface area contributed by atoms with Gasteiger partial charge in [0, 0.05) is 25.0 Å². The molecule has 1 saturated heterocycles. The minimum Gasteiger partial charge on any atom is -0.379 e. The largest absolute Gasteiger partial charge is 0.379 e. The van der Waals surface area contributed by atoms with E-state index in [0.29, 0.717) is 48.6 Å². The molecule has 0 amide bonds. The van der Waals surface area contributed by atoms with Gasteiger partial charge in [0.25, 0.3) is 5.56 Å². The molecule has 1 fully saturated rings. The van der Waals surface area contributed by atoms with E-state index in [1.807, 2.05) is 0 Å². The van der Waals surface area contributed by atoms with Crippen molar-refractivity contribution in [3.8, 4) is 6.07 Å². The van der Waals surface area contributed by atoms with Gasteiger partial charge in [-0.1, -0.05) is 6.92 Å². The van der Waals surface area contributed by atoms with E-state index in [4.69, 9.17) is 4.74 Å². The van der Waals surface area contributed by atoms with Crippen LogP contribution in [0.3, 0.4) is 0 Å². The first-order valence-electron chi connectivity index (χ1n) is 9.88. The summed E-state index contributed by atoms with van der Waals surface area (Å²) in [5, 5.41) is 17.6. The van der Waals surface area contributed by atoms with Crippen molar-refractivity contribution in [1.82, 2.24) is 19.5 Å². The lowest BCUT2D eigenvalue weighted by Gasteiger charge is -2.27. The standard InChI is InChI=1S/C20H22N6O4S/c1-2-23-31(28,29)15-5-3-14(4-6-15)24-19-18-16(7-9-22-20(18)27)26(25-19)17-12-30-10-8-13(17)11-21/h3-7,9,13,17,23H,2,8,10,12H2,1H3,(H,22,27)(H,24,25)/t13-,17+/m1/s1. The fraction of sp³-hybridized carbons (Fsp3) is 0.350. The molecular formula is C20H22N6O4S. The molecule has 0 bridgehead atoms. The third-order valence-corrected chi connectivity index (χ3v) is 6.76. The molecule has 2 aromatic heterocycles. The van der Waals surface area contributed by atoms with E-state index < -0.39 is 10.0 Å². The Labute approximate surface area is 178 Å². The molecular weight excluding hydrogens is 420 g/mol. The summed E-state index contributed by atoms with van der Waals surface area (Å²) in [6.07, 6.45) is 2.13. The molecule has 0 radical (unpaired) electrons. The Morgan fingerprint density at radius 1 is 1.32 bits per heavy atom. The van der Waals surface area contributed by atoms with Gasteiger partial charge < -0.3 is 15.0 Å². The Hall–Kier alpha value is -3.20. The number of benzene rings is 1. The minimum atomic E-state index is -3.56. The van der Waals surface area contributed by atoms with Gasteiger partial charge in [-0.2, -0.15) is 10.4 Å². The summed E-state index contributed by atoms with van der Waals surface area (Å²) in [5.74, 6) is 0.0425. The molecule has 1 aliphatic rings. The number of hydrogen-bond acceptors (Lipinski definition) is 7. The van der Waals surface area contributed by atoms with Gasteiger partial charge in [-0.25, -0.2) is 13.1 Å². The third kappa shape index (κ3) is 4.05. The van der Waals surface area contributed by atoms with Gasteiger partial charge in [0.1, 0.15) is 5.39 Å².